The van der Waals surface area contributed by atoms with Crippen LogP contribution in [0.3, 0.4) is 0 Å². The van der Waals surface area contributed by atoms with E-state index in [9.17, 15) is 4.79 Å². The number of aromatic nitrogens is 4. The molecule has 1 aliphatic heterocycles. The number of carbonyl (C=O) groups excluding carboxylic acids is 1. The first-order valence-electron chi connectivity index (χ1n) is 8.37. The van der Waals surface area contributed by atoms with E-state index in [1.54, 1.807) is 0 Å². The summed E-state index contributed by atoms with van der Waals surface area (Å²) < 4.78 is 5.77. The smallest absolute Gasteiger partial charge is 0.224 e. The molecule has 0 aliphatic carbocycles. The number of hydrogen-bond donors (Lipinski definition) is 2. The fourth-order valence-corrected chi connectivity index (χ4v) is 3.01. The van der Waals surface area contributed by atoms with Crippen LogP contribution in [0.15, 0.2) is 24.3 Å². The van der Waals surface area contributed by atoms with Crippen molar-refractivity contribution in [3.63, 3.8) is 0 Å². The van der Waals surface area contributed by atoms with Gasteiger partial charge in [0.25, 0.3) is 0 Å². The topological polar surface area (TPSA) is 92.8 Å². The van der Waals surface area contributed by atoms with Crippen LogP contribution in [-0.4, -0.2) is 39.2 Å². The molecule has 0 unspecified atom stereocenters. The third kappa shape index (κ3) is 4.17. The Morgan fingerprint density at radius 3 is 2.83 bits per heavy atom. The van der Waals surface area contributed by atoms with Gasteiger partial charge in [-0.1, -0.05) is 13.8 Å². The largest absolute Gasteiger partial charge is 0.378 e. The van der Waals surface area contributed by atoms with E-state index < -0.39 is 0 Å². The third-order valence-electron chi connectivity index (χ3n) is 4.41. The maximum atomic E-state index is 12.3. The van der Waals surface area contributed by atoms with E-state index in [0.717, 1.165) is 30.7 Å². The summed E-state index contributed by atoms with van der Waals surface area (Å²) in [6, 6.07) is 7.43. The Bertz CT molecular complexity index is 654. The van der Waals surface area contributed by atoms with Gasteiger partial charge >= 0.3 is 0 Å². The second-order valence-corrected chi connectivity index (χ2v) is 6.61. The fourth-order valence-electron chi connectivity index (χ4n) is 3.01. The Morgan fingerprint density at radius 2 is 2.17 bits per heavy atom. The Balaban J connectivity index is 1.53. The van der Waals surface area contributed by atoms with Gasteiger partial charge in [-0.05, 0) is 54.2 Å². The van der Waals surface area contributed by atoms with Crippen molar-refractivity contribution < 1.29 is 9.53 Å². The van der Waals surface area contributed by atoms with Crippen LogP contribution in [0, 0.1) is 11.8 Å². The zero-order valence-electron chi connectivity index (χ0n) is 14.0. The van der Waals surface area contributed by atoms with Gasteiger partial charge in [0, 0.05) is 24.3 Å². The van der Waals surface area contributed by atoms with E-state index in [1.165, 1.54) is 0 Å². The lowest BCUT2D eigenvalue weighted by Gasteiger charge is -2.31. The minimum absolute atomic E-state index is 0.0525. The molecule has 0 saturated carbocycles. The molecule has 24 heavy (non-hydrogen) atoms. The number of benzene rings is 1. The summed E-state index contributed by atoms with van der Waals surface area (Å²) in [5, 5.41) is 16.8. The summed E-state index contributed by atoms with van der Waals surface area (Å²) in [4.78, 5) is 12.3. The van der Waals surface area contributed by atoms with Crippen LogP contribution in [0.2, 0.25) is 0 Å². The molecule has 2 atom stereocenters. The molecule has 1 amide bonds. The van der Waals surface area contributed by atoms with Gasteiger partial charge in [-0.2, -0.15) is 5.21 Å². The van der Waals surface area contributed by atoms with Crippen LogP contribution in [-0.2, 0) is 9.53 Å². The van der Waals surface area contributed by atoms with E-state index in [1.807, 2.05) is 24.3 Å². The maximum absolute atomic E-state index is 12.3. The molecule has 0 bridgehead atoms. The van der Waals surface area contributed by atoms with Crippen LogP contribution in [0.4, 0.5) is 5.69 Å². The van der Waals surface area contributed by atoms with Crippen molar-refractivity contribution in [1.82, 2.24) is 20.6 Å². The van der Waals surface area contributed by atoms with Gasteiger partial charge in [0.2, 0.25) is 11.7 Å². The van der Waals surface area contributed by atoms with Gasteiger partial charge in [0.15, 0.2) is 0 Å². The minimum Gasteiger partial charge on any atom is -0.378 e. The number of rotatable bonds is 5. The molecule has 1 aliphatic rings. The van der Waals surface area contributed by atoms with Gasteiger partial charge in [0.05, 0.1) is 6.10 Å². The monoisotopic (exact) mass is 329 g/mol. The van der Waals surface area contributed by atoms with Crippen LogP contribution in [0.25, 0.3) is 11.4 Å². The molecule has 1 aromatic heterocycles. The van der Waals surface area contributed by atoms with Crippen molar-refractivity contribution >= 4 is 11.6 Å². The number of H-pyrrole nitrogens is 1. The Hall–Kier alpha value is -2.28. The van der Waals surface area contributed by atoms with E-state index in [4.69, 9.17) is 4.74 Å². The van der Waals surface area contributed by atoms with Gasteiger partial charge in [-0.3, -0.25) is 4.79 Å². The number of aromatic amines is 1. The van der Waals surface area contributed by atoms with E-state index in [0.29, 0.717) is 24.1 Å². The average Bonchev–Trinajstić information content (AvgIpc) is 3.10. The molecule has 128 valence electrons. The molecule has 0 spiro atoms. The number of ether oxygens (including phenoxy) is 1. The number of nitrogens with one attached hydrogen (secondary N) is 2. The van der Waals surface area contributed by atoms with Gasteiger partial charge in [0.1, 0.15) is 0 Å². The maximum Gasteiger partial charge on any atom is 0.224 e. The van der Waals surface area contributed by atoms with E-state index in [2.05, 4.69) is 39.8 Å². The lowest BCUT2D eigenvalue weighted by Crippen LogP contribution is -2.31. The number of amides is 1. The zero-order chi connectivity index (χ0) is 16.9. The van der Waals surface area contributed by atoms with Crippen molar-refractivity contribution in [3.05, 3.63) is 24.3 Å². The number of anilines is 1. The summed E-state index contributed by atoms with van der Waals surface area (Å²) in [5.41, 5.74) is 1.63. The predicted molar refractivity (Wildman–Crippen MR) is 90.2 cm³/mol. The Labute approximate surface area is 141 Å². The minimum atomic E-state index is 0.0525. The number of tetrazole rings is 1. The lowest BCUT2D eigenvalue weighted by molar-refractivity contribution is -0.118. The zero-order valence-corrected chi connectivity index (χ0v) is 14.0. The molecule has 1 saturated heterocycles. The predicted octanol–water partition coefficient (Wildman–Crippen LogP) is 2.65. The van der Waals surface area contributed by atoms with E-state index >= 15 is 0 Å². The molecule has 1 aromatic carbocycles. The van der Waals surface area contributed by atoms with Gasteiger partial charge in [-0.25, -0.2) is 0 Å². The van der Waals surface area contributed by atoms with Crippen LogP contribution in [0.5, 0.6) is 0 Å². The average molecular weight is 329 g/mol. The van der Waals surface area contributed by atoms with E-state index in [-0.39, 0.29) is 12.0 Å². The van der Waals surface area contributed by atoms with Crippen LogP contribution >= 0.6 is 0 Å². The quantitative estimate of drug-likeness (QED) is 0.879. The van der Waals surface area contributed by atoms with Crippen molar-refractivity contribution in [2.75, 3.05) is 11.9 Å². The summed E-state index contributed by atoms with van der Waals surface area (Å²) in [6.07, 6.45) is 2.72. The molecule has 2 N–H and O–H groups in total. The highest BCUT2D eigenvalue weighted by molar-refractivity contribution is 5.91. The first-order valence-corrected chi connectivity index (χ1v) is 8.37. The SMILES string of the molecule is CC(C)[C@@H]1C[C@H](CC(=O)Nc2ccc(-c3nn[nH]n3)cc2)CCO1. The molecule has 0 radical (unpaired) electrons. The summed E-state index contributed by atoms with van der Waals surface area (Å²) in [5.74, 6) is 1.48. The number of nitrogens with zero attached hydrogens (tertiary/aromatic N) is 3. The van der Waals surface area contributed by atoms with Crippen molar-refractivity contribution in [2.24, 2.45) is 11.8 Å². The highest BCUT2D eigenvalue weighted by Gasteiger charge is 2.26. The molecular weight excluding hydrogens is 306 g/mol. The number of carbonyl (C=O) groups is 1. The molecule has 7 nitrogen and oxygen atoms in total. The second kappa shape index (κ2) is 7.53. The molecule has 7 heteroatoms. The molecule has 3 rings (SSSR count). The van der Waals surface area contributed by atoms with Crippen LogP contribution < -0.4 is 5.32 Å². The molecule has 2 aromatic rings. The fraction of sp³-hybridized carbons (Fsp3) is 0.529. The molecule has 1 fully saturated rings. The summed E-state index contributed by atoms with van der Waals surface area (Å²) >= 11 is 0. The number of hydrogen-bond acceptors (Lipinski definition) is 5. The van der Waals surface area contributed by atoms with Gasteiger partial charge in [-0.15, -0.1) is 10.2 Å². The molecular formula is C17H23N5O2. The Morgan fingerprint density at radius 1 is 1.38 bits per heavy atom. The Kier molecular flexibility index (Phi) is 5.20. The van der Waals surface area contributed by atoms with Crippen molar-refractivity contribution in [3.8, 4) is 11.4 Å². The highest BCUT2D eigenvalue weighted by atomic mass is 16.5. The highest BCUT2D eigenvalue weighted by Crippen LogP contribution is 2.27. The van der Waals surface area contributed by atoms with Crippen molar-refractivity contribution in [2.45, 2.75) is 39.2 Å². The lowest BCUT2D eigenvalue weighted by atomic mass is 9.88. The first kappa shape index (κ1) is 16.6. The summed E-state index contributed by atoms with van der Waals surface area (Å²) in [6.45, 7) is 5.08. The third-order valence-corrected chi connectivity index (χ3v) is 4.41. The molecule has 2 heterocycles. The first-order chi connectivity index (χ1) is 11.6. The standard InChI is InChI=1S/C17H23N5O2/c1-11(2)15-9-12(7-8-24-15)10-16(23)18-14-5-3-13(4-6-14)17-19-21-22-20-17/h3-6,11-12,15H,7-10H2,1-2H3,(H,18,23)(H,19,20,21,22)/t12-,15+/m1/s1. The van der Waals surface area contributed by atoms with Crippen molar-refractivity contribution in [1.29, 1.82) is 0 Å². The summed E-state index contributed by atoms with van der Waals surface area (Å²) in [7, 11) is 0. The van der Waals surface area contributed by atoms with Gasteiger partial charge < -0.3 is 10.1 Å². The second-order valence-electron chi connectivity index (χ2n) is 6.61. The normalized spacial score (nSPS) is 21.0. The van der Waals surface area contributed by atoms with Crippen LogP contribution in [0.1, 0.15) is 33.1 Å².